The van der Waals surface area contributed by atoms with Crippen LogP contribution in [0.5, 0.6) is 0 Å². The average Bonchev–Trinajstić information content (AvgIpc) is 3.79. The fourth-order valence-corrected chi connectivity index (χ4v) is 5.63. The maximum atomic E-state index is 14.1. The molecule has 232 valence electrons. The minimum Gasteiger partial charge on any atom is -0.390 e. The fourth-order valence-electron chi connectivity index (χ4n) is 5.63. The number of benzene rings is 3. The van der Waals surface area contributed by atoms with Gasteiger partial charge in [0.25, 0.3) is 11.8 Å². The Morgan fingerprint density at radius 3 is 2.27 bits per heavy atom. The molecule has 0 aromatic heterocycles. The van der Waals surface area contributed by atoms with Gasteiger partial charge >= 0.3 is 0 Å². The van der Waals surface area contributed by atoms with Gasteiger partial charge in [-0.3, -0.25) is 9.59 Å². The van der Waals surface area contributed by atoms with Crippen LogP contribution in [0.1, 0.15) is 82.5 Å². The van der Waals surface area contributed by atoms with Crippen LogP contribution in [0.2, 0.25) is 0 Å². The van der Waals surface area contributed by atoms with Crippen molar-refractivity contribution in [3.05, 3.63) is 106 Å². The van der Waals surface area contributed by atoms with Gasteiger partial charge in [-0.15, -0.1) is 6.42 Å². The van der Waals surface area contributed by atoms with Crippen LogP contribution in [0.15, 0.2) is 60.7 Å². The highest BCUT2D eigenvalue weighted by Gasteiger charge is 2.44. The first-order valence-corrected chi connectivity index (χ1v) is 15.2. The third-order valence-corrected chi connectivity index (χ3v) is 8.00. The van der Waals surface area contributed by atoms with Gasteiger partial charge in [-0.1, -0.05) is 31.9 Å². The van der Waals surface area contributed by atoms with E-state index in [4.69, 9.17) is 6.42 Å². The number of aryl methyl sites for hydroxylation is 1. The minimum atomic E-state index is -1.10. The number of hydrogen-bond donors (Lipinski definition) is 3. The molecule has 1 saturated carbocycles. The Morgan fingerprint density at radius 2 is 1.66 bits per heavy atom. The van der Waals surface area contributed by atoms with E-state index < -0.39 is 29.7 Å². The zero-order chi connectivity index (χ0) is 31.9. The first kappa shape index (κ1) is 32.8. The summed E-state index contributed by atoms with van der Waals surface area (Å²) in [6.45, 7) is 7.17. The highest BCUT2D eigenvalue weighted by atomic mass is 19.1. The van der Waals surface area contributed by atoms with E-state index in [0.29, 0.717) is 24.2 Å². The van der Waals surface area contributed by atoms with E-state index in [9.17, 15) is 23.5 Å². The van der Waals surface area contributed by atoms with Crippen molar-refractivity contribution >= 4 is 11.8 Å². The van der Waals surface area contributed by atoms with Gasteiger partial charge in [-0.2, -0.15) is 0 Å². The molecular formula is C36H41F2N3O3. The number of carbonyl (C=O) groups excluding carboxylic acids is 2. The van der Waals surface area contributed by atoms with Gasteiger partial charge in [0.15, 0.2) is 0 Å². The lowest BCUT2D eigenvalue weighted by atomic mass is 9.98. The Hall–Kier alpha value is -4.06. The van der Waals surface area contributed by atoms with Crippen molar-refractivity contribution in [2.24, 2.45) is 0 Å². The summed E-state index contributed by atoms with van der Waals surface area (Å²) in [5.74, 6) is 0.520. The van der Waals surface area contributed by atoms with Gasteiger partial charge in [-0.05, 0) is 98.2 Å². The number of aliphatic hydroxyl groups is 1. The normalized spacial score (nSPS) is 14.8. The molecule has 2 amide bonds. The van der Waals surface area contributed by atoms with Gasteiger partial charge in [0, 0.05) is 47.9 Å². The second kappa shape index (κ2) is 14.6. The van der Waals surface area contributed by atoms with Crippen molar-refractivity contribution in [2.75, 3.05) is 19.6 Å². The highest BCUT2D eigenvalue weighted by Crippen LogP contribution is 2.45. The molecule has 1 aliphatic carbocycles. The standard InChI is InChI=1S/C36H41F2N3O3/c1-5-13-41(14-6-2)35(44)28-16-24(4)15-27(21-28)34(43)40-32(20-26-18-30(37)22-31(38)19-26)33(42)23-39-36(11-12-36)29-10-8-9-25(7-3)17-29/h3,8-10,15-19,21-22,32-33,39,42H,5-6,11-14,20,23H2,1-2,4H3,(H,40,43)/t32-,33+/m0/s1. The molecule has 0 unspecified atom stereocenters. The summed E-state index contributed by atoms with van der Waals surface area (Å²) in [5.41, 5.74) is 3.15. The molecule has 8 heteroatoms. The van der Waals surface area contributed by atoms with Crippen LogP contribution in [0.25, 0.3) is 0 Å². The molecule has 0 spiro atoms. The largest absolute Gasteiger partial charge is 0.390 e. The summed E-state index contributed by atoms with van der Waals surface area (Å²) in [6, 6.07) is 14.9. The zero-order valence-corrected chi connectivity index (χ0v) is 25.6. The number of halogens is 2. The summed E-state index contributed by atoms with van der Waals surface area (Å²) < 4.78 is 28.1. The molecule has 3 aromatic rings. The first-order valence-electron chi connectivity index (χ1n) is 15.2. The SMILES string of the molecule is C#Cc1cccc(C2(NC[C@@H](O)[C@H](Cc3cc(F)cc(F)c3)NC(=O)c3cc(C)cc(C(=O)N(CCC)CCC)c3)CC2)c1. The molecule has 0 aliphatic heterocycles. The Kier molecular flexibility index (Phi) is 10.9. The minimum absolute atomic E-state index is 0.0127. The number of nitrogens with zero attached hydrogens (tertiary/aromatic N) is 1. The van der Waals surface area contributed by atoms with Crippen molar-refractivity contribution < 1.29 is 23.5 Å². The summed E-state index contributed by atoms with van der Waals surface area (Å²) in [7, 11) is 0. The summed E-state index contributed by atoms with van der Waals surface area (Å²) in [5, 5.41) is 17.7. The van der Waals surface area contributed by atoms with E-state index in [1.54, 1.807) is 23.1 Å². The van der Waals surface area contributed by atoms with Crippen molar-refractivity contribution in [3.8, 4) is 12.3 Å². The van der Waals surface area contributed by atoms with E-state index in [1.165, 1.54) is 12.1 Å². The van der Waals surface area contributed by atoms with Crippen LogP contribution >= 0.6 is 0 Å². The van der Waals surface area contributed by atoms with Crippen molar-refractivity contribution in [1.29, 1.82) is 0 Å². The molecule has 4 rings (SSSR count). The second-order valence-electron chi connectivity index (χ2n) is 11.7. The van der Waals surface area contributed by atoms with Gasteiger partial charge in [0.1, 0.15) is 11.6 Å². The highest BCUT2D eigenvalue weighted by molar-refractivity contribution is 6.00. The van der Waals surface area contributed by atoms with E-state index >= 15 is 0 Å². The van der Waals surface area contributed by atoms with Crippen LogP contribution < -0.4 is 10.6 Å². The molecule has 44 heavy (non-hydrogen) atoms. The van der Waals surface area contributed by atoms with Gasteiger partial charge in [0.2, 0.25) is 0 Å². The van der Waals surface area contributed by atoms with Crippen LogP contribution in [-0.2, 0) is 12.0 Å². The van der Waals surface area contributed by atoms with E-state index in [2.05, 4.69) is 16.6 Å². The van der Waals surface area contributed by atoms with Crippen LogP contribution in [0.4, 0.5) is 8.78 Å². The number of rotatable bonds is 14. The number of nitrogens with one attached hydrogen (secondary N) is 2. The van der Waals surface area contributed by atoms with Gasteiger partial charge in [-0.25, -0.2) is 8.78 Å². The van der Waals surface area contributed by atoms with E-state index in [1.807, 2.05) is 45.0 Å². The lowest BCUT2D eigenvalue weighted by Gasteiger charge is -2.28. The summed E-state index contributed by atoms with van der Waals surface area (Å²) in [6.07, 6.45) is 7.81. The first-order chi connectivity index (χ1) is 21.1. The average molecular weight is 602 g/mol. The lowest BCUT2D eigenvalue weighted by molar-refractivity contribution is 0.0755. The van der Waals surface area contributed by atoms with Crippen molar-refractivity contribution in [2.45, 2.75) is 70.6 Å². The third-order valence-electron chi connectivity index (χ3n) is 8.00. The number of amides is 2. The molecule has 6 nitrogen and oxygen atoms in total. The van der Waals surface area contributed by atoms with Gasteiger partial charge < -0.3 is 20.6 Å². The van der Waals surface area contributed by atoms with Crippen LogP contribution in [-0.4, -0.2) is 53.6 Å². The number of aliphatic hydroxyl groups excluding tert-OH is 1. The molecule has 0 saturated heterocycles. The zero-order valence-electron chi connectivity index (χ0n) is 25.6. The lowest BCUT2D eigenvalue weighted by Crippen LogP contribution is -2.50. The number of terminal acetylenes is 1. The summed E-state index contributed by atoms with van der Waals surface area (Å²) >= 11 is 0. The molecule has 0 heterocycles. The maximum absolute atomic E-state index is 14.1. The predicted molar refractivity (Wildman–Crippen MR) is 168 cm³/mol. The summed E-state index contributed by atoms with van der Waals surface area (Å²) in [4.78, 5) is 28.7. The smallest absolute Gasteiger partial charge is 0.253 e. The van der Waals surface area contributed by atoms with Crippen LogP contribution in [0.3, 0.4) is 0 Å². The van der Waals surface area contributed by atoms with Gasteiger partial charge in [0.05, 0.1) is 12.1 Å². The molecule has 3 N–H and O–H groups in total. The molecular weight excluding hydrogens is 560 g/mol. The molecule has 0 radical (unpaired) electrons. The number of carbonyl (C=O) groups is 2. The molecule has 3 aromatic carbocycles. The van der Waals surface area contributed by atoms with Crippen molar-refractivity contribution in [3.63, 3.8) is 0 Å². The molecule has 1 aliphatic rings. The molecule has 0 bridgehead atoms. The molecule has 1 fully saturated rings. The van der Waals surface area contributed by atoms with Crippen molar-refractivity contribution in [1.82, 2.24) is 15.5 Å². The Morgan fingerprint density at radius 1 is 1.00 bits per heavy atom. The topological polar surface area (TPSA) is 81.7 Å². The monoisotopic (exact) mass is 601 g/mol. The van der Waals surface area contributed by atoms with E-state index in [-0.39, 0.29) is 30.0 Å². The number of hydrogen-bond acceptors (Lipinski definition) is 4. The Bertz CT molecular complexity index is 1500. The Labute approximate surface area is 258 Å². The predicted octanol–water partition coefficient (Wildman–Crippen LogP) is 5.50. The van der Waals surface area contributed by atoms with E-state index in [0.717, 1.165) is 48.4 Å². The quantitative estimate of drug-likeness (QED) is 0.213. The molecule has 2 atom stereocenters. The van der Waals surface area contributed by atoms with Crippen LogP contribution in [0, 0.1) is 30.9 Å². The fraction of sp³-hybridized carbons (Fsp3) is 0.389. The second-order valence-corrected chi connectivity index (χ2v) is 11.7. The third kappa shape index (κ3) is 8.31. The maximum Gasteiger partial charge on any atom is 0.253 e. The Balaban J connectivity index is 1.56.